The highest BCUT2D eigenvalue weighted by Crippen LogP contribution is 2.10. The van der Waals surface area contributed by atoms with Gasteiger partial charge in [-0.1, -0.05) is 30.3 Å². The van der Waals surface area contributed by atoms with Gasteiger partial charge in [-0.15, -0.1) is 0 Å². The third kappa shape index (κ3) is 5.46. The Kier molecular flexibility index (Phi) is 6.89. The van der Waals surface area contributed by atoms with Crippen molar-refractivity contribution < 1.29 is 9.59 Å². The van der Waals surface area contributed by atoms with Crippen LogP contribution in [0.15, 0.2) is 30.3 Å². The van der Waals surface area contributed by atoms with Crippen molar-refractivity contribution in [2.75, 3.05) is 52.4 Å². The Balaban J connectivity index is 1.33. The Hall–Kier alpha value is -2.08. The second kappa shape index (κ2) is 9.57. The molecule has 6 heteroatoms. The van der Waals surface area contributed by atoms with Crippen molar-refractivity contribution >= 4 is 11.9 Å². The summed E-state index contributed by atoms with van der Waals surface area (Å²) in [5.41, 5.74) is 1.23. The van der Waals surface area contributed by atoms with Gasteiger partial charge in [0.1, 0.15) is 0 Å². The van der Waals surface area contributed by atoms with Gasteiger partial charge in [-0.2, -0.15) is 0 Å². The van der Waals surface area contributed by atoms with Crippen LogP contribution in [0.4, 0.5) is 4.79 Å². The molecule has 0 spiro atoms. The van der Waals surface area contributed by atoms with Crippen molar-refractivity contribution in [3.63, 3.8) is 0 Å². The van der Waals surface area contributed by atoms with Crippen molar-refractivity contribution in [3.8, 4) is 0 Å². The first kappa shape index (κ1) is 18.7. The van der Waals surface area contributed by atoms with Crippen molar-refractivity contribution in [3.05, 3.63) is 35.9 Å². The monoisotopic (exact) mass is 358 g/mol. The molecule has 26 heavy (non-hydrogen) atoms. The van der Waals surface area contributed by atoms with Crippen LogP contribution >= 0.6 is 0 Å². The Morgan fingerprint density at radius 2 is 1.54 bits per heavy atom. The van der Waals surface area contributed by atoms with E-state index in [4.69, 9.17) is 0 Å². The van der Waals surface area contributed by atoms with Gasteiger partial charge in [0.05, 0.1) is 6.54 Å². The lowest BCUT2D eigenvalue weighted by Crippen LogP contribution is -2.54. The van der Waals surface area contributed by atoms with Gasteiger partial charge in [-0.25, -0.2) is 4.79 Å². The molecule has 0 aliphatic carbocycles. The fourth-order valence-corrected chi connectivity index (χ4v) is 3.61. The summed E-state index contributed by atoms with van der Waals surface area (Å²) < 4.78 is 0. The molecule has 1 aromatic carbocycles. The van der Waals surface area contributed by atoms with Gasteiger partial charge in [-0.05, 0) is 31.2 Å². The van der Waals surface area contributed by atoms with Gasteiger partial charge in [0.2, 0.25) is 5.91 Å². The zero-order valence-electron chi connectivity index (χ0n) is 15.5. The van der Waals surface area contributed by atoms with Crippen LogP contribution < -0.4 is 5.32 Å². The Morgan fingerprint density at radius 3 is 2.23 bits per heavy atom. The molecule has 2 aliphatic rings. The minimum atomic E-state index is 0.00272. The van der Waals surface area contributed by atoms with Gasteiger partial charge in [0, 0.05) is 45.8 Å². The maximum atomic E-state index is 12.3. The zero-order valence-corrected chi connectivity index (χ0v) is 15.5. The molecule has 2 heterocycles. The number of benzene rings is 1. The van der Waals surface area contributed by atoms with Crippen molar-refractivity contribution in [1.82, 2.24) is 20.0 Å². The molecule has 2 saturated heterocycles. The minimum Gasteiger partial charge on any atom is -0.342 e. The maximum Gasteiger partial charge on any atom is 0.317 e. The van der Waals surface area contributed by atoms with E-state index < -0.39 is 0 Å². The van der Waals surface area contributed by atoms with E-state index in [-0.39, 0.29) is 11.9 Å². The van der Waals surface area contributed by atoms with E-state index in [1.807, 2.05) is 28.0 Å². The predicted molar refractivity (Wildman–Crippen MR) is 102 cm³/mol. The number of hydrogen-bond donors (Lipinski definition) is 1. The summed E-state index contributed by atoms with van der Waals surface area (Å²) in [6.07, 6.45) is 4.34. The van der Waals surface area contributed by atoms with Crippen LogP contribution in [-0.4, -0.2) is 79.0 Å². The molecule has 0 radical (unpaired) electrons. The molecule has 0 saturated carbocycles. The lowest BCUT2D eigenvalue weighted by molar-refractivity contribution is -0.133. The number of nitrogens with zero attached hydrogens (tertiary/aromatic N) is 3. The van der Waals surface area contributed by atoms with Crippen LogP contribution in [-0.2, 0) is 11.2 Å². The van der Waals surface area contributed by atoms with E-state index in [0.717, 1.165) is 45.4 Å². The fourth-order valence-electron chi connectivity index (χ4n) is 3.61. The smallest absolute Gasteiger partial charge is 0.317 e. The van der Waals surface area contributed by atoms with Crippen LogP contribution in [0.5, 0.6) is 0 Å². The highest BCUT2D eigenvalue weighted by molar-refractivity contribution is 5.78. The van der Waals surface area contributed by atoms with E-state index in [0.29, 0.717) is 26.2 Å². The van der Waals surface area contributed by atoms with E-state index >= 15 is 0 Å². The summed E-state index contributed by atoms with van der Waals surface area (Å²) in [5, 5.41) is 3.00. The number of likely N-dealkylation sites (tertiary alicyclic amines) is 1. The third-order valence-corrected chi connectivity index (χ3v) is 5.26. The van der Waals surface area contributed by atoms with Crippen molar-refractivity contribution in [1.29, 1.82) is 0 Å². The van der Waals surface area contributed by atoms with Crippen LogP contribution in [0, 0.1) is 0 Å². The standard InChI is InChI=1S/C20H30N4O2/c25-19(23-11-5-2-6-12-23)17-22-13-15-24(16-14-22)20(26)21-10-9-18-7-3-1-4-8-18/h1,3-4,7-8H,2,5-6,9-17H2,(H,21,26). The van der Waals surface area contributed by atoms with Crippen LogP contribution in [0.1, 0.15) is 24.8 Å². The number of nitrogens with one attached hydrogen (secondary N) is 1. The van der Waals surface area contributed by atoms with Crippen LogP contribution in [0.25, 0.3) is 0 Å². The number of piperazine rings is 1. The first-order valence-electron chi connectivity index (χ1n) is 9.79. The highest BCUT2D eigenvalue weighted by Gasteiger charge is 2.24. The summed E-state index contributed by atoms with van der Waals surface area (Å²) in [6, 6.07) is 10.2. The Morgan fingerprint density at radius 1 is 0.846 bits per heavy atom. The van der Waals surface area contributed by atoms with E-state index in [9.17, 15) is 9.59 Å². The molecule has 1 N–H and O–H groups in total. The topological polar surface area (TPSA) is 55.9 Å². The number of carbonyl (C=O) groups excluding carboxylic acids is 2. The van der Waals surface area contributed by atoms with Gasteiger partial charge in [0.25, 0.3) is 0 Å². The summed E-state index contributed by atoms with van der Waals surface area (Å²) in [6.45, 7) is 5.86. The second-order valence-electron chi connectivity index (χ2n) is 7.17. The first-order chi connectivity index (χ1) is 12.7. The van der Waals surface area contributed by atoms with Gasteiger partial charge in [-0.3, -0.25) is 9.69 Å². The lowest BCUT2D eigenvalue weighted by atomic mass is 10.1. The van der Waals surface area contributed by atoms with Gasteiger partial charge < -0.3 is 15.1 Å². The normalized spacial score (nSPS) is 18.6. The second-order valence-corrected chi connectivity index (χ2v) is 7.17. The molecule has 2 fully saturated rings. The lowest BCUT2D eigenvalue weighted by Gasteiger charge is -2.36. The summed E-state index contributed by atoms with van der Waals surface area (Å²) in [5.74, 6) is 0.241. The number of carbonyl (C=O) groups is 2. The molecular weight excluding hydrogens is 328 g/mol. The van der Waals surface area contributed by atoms with Gasteiger partial charge in [0.15, 0.2) is 0 Å². The largest absolute Gasteiger partial charge is 0.342 e. The quantitative estimate of drug-likeness (QED) is 0.869. The van der Waals surface area contributed by atoms with Gasteiger partial charge >= 0.3 is 6.03 Å². The molecule has 3 rings (SSSR count). The van der Waals surface area contributed by atoms with E-state index in [1.165, 1.54) is 12.0 Å². The fraction of sp³-hybridized carbons (Fsp3) is 0.600. The molecule has 2 aliphatic heterocycles. The first-order valence-corrected chi connectivity index (χ1v) is 9.79. The molecule has 3 amide bonds. The van der Waals surface area contributed by atoms with Crippen molar-refractivity contribution in [2.45, 2.75) is 25.7 Å². The Labute approximate surface area is 156 Å². The average molecular weight is 358 g/mol. The van der Waals surface area contributed by atoms with E-state index in [2.05, 4.69) is 22.3 Å². The number of piperidine rings is 1. The third-order valence-electron chi connectivity index (χ3n) is 5.26. The molecule has 0 unspecified atom stereocenters. The molecule has 142 valence electrons. The molecule has 1 aromatic rings. The number of urea groups is 1. The van der Waals surface area contributed by atoms with Crippen LogP contribution in [0.3, 0.4) is 0 Å². The van der Waals surface area contributed by atoms with Crippen LogP contribution in [0.2, 0.25) is 0 Å². The summed E-state index contributed by atoms with van der Waals surface area (Å²) >= 11 is 0. The summed E-state index contributed by atoms with van der Waals surface area (Å²) in [7, 11) is 0. The molecule has 0 bridgehead atoms. The summed E-state index contributed by atoms with van der Waals surface area (Å²) in [4.78, 5) is 30.7. The highest BCUT2D eigenvalue weighted by atomic mass is 16.2. The Bertz CT molecular complexity index is 579. The number of rotatable bonds is 5. The van der Waals surface area contributed by atoms with Crippen molar-refractivity contribution in [2.24, 2.45) is 0 Å². The molecule has 6 nitrogen and oxygen atoms in total. The maximum absolute atomic E-state index is 12.3. The molecular formula is C20H30N4O2. The SMILES string of the molecule is O=C(CN1CCN(C(=O)NCCc2ccccc2)CC1)N1CCCCC1. The van der Waals surface area contributed by atoms with E-state index in [1.54, 1.807) is 0 Å². The average Bonchev–Trinajstić information content (AvgIpc) is 2.70. The predicted octanol–water partition coefficient (Wildman–Crippen LogP) is 1.57. The number of hydrogen-bond acceptors (Lipinski definition) is 3. The molecule has 0 atom stereocenters. The molecule has 0 aromatic heterocycles. The number of amides is 3. The minimum absolute atomic E-state index is 0.00272. The zero-order chi connectivity index (χ0) is 18.2.